The summed E-state index contributed by atoms with van der Waals surface area (Å²) < 4.78 is 38.0. The molecule has 0 unspecified atom stereocenters. The Bertz CT molecular complexity index is 1490. The van der Waals surface area contributed by atoms with E-state index >= 15 is 0 Å². The average Bonchev–Trinajstić information content (AvgIpc) is 2.93. The van der Waals surface area contributed by atoms with Crippen LogP contribution in [-0.4, -0.2) is 35.6 Å². The van der Waals surface area contributed by atoms with Crippen LogP contribution in [0.5, 0.6) is 11.5 Å². The molecule has 4 aromatic carbocycles. The summed E-state index contributed by atoms with van der Waals surface area (Å²) in [5.41, 5.74) is 1.50. The molecule has 0 saturated heterocycles. The largest absolute Gasteiger partial charge is 0.493 e. The fourth-order valence-electron chi connectivity index (χ4n) is 3.57. The van der Waals surface area contributed by atoms with E-state index in [4.69, 9.17) is 9.47 Å². The molecule has 0 saturated carbocycles. The second-order valence-electron chi connectivity index (χ2n) is 7.90. The molecule has 0 aliphatic rings. The Kier molecular flexibility index (Phi) is 8.05. The van der Waals surface area contributed by atoms with Gasteiger partial charge in [-0.25, -0.2) is 8.42 Å². The Balaban J connectivity index is 1.50. The Hall–Kier alpha value is -3.95. The zero-order valence-electron chi connectivity index (χ0n) is 20.5. The van der Waals surface area contributed by atoms with Crippen molar-refractivity contribution < 1.29 is 22.7 Å². The number of sulfonamides is 1. The summed E-state index contributed by atoms with van der Waals surface area (Å²) in [5.74, 6) is 0.455. The van der Waals surface area contributed by atoms with E-state index in [0.717, 1.165) is 14.1 Å². The normalized spacial score (nSPS) is 11.0. The second kappa shape index (κ2) is 11.4. The fraction of sp³-hybridized carbons (Fsp3) is 0.107. The summed E-state index contributed by atoms with van der Waals surface area (Å²) in [4.78, 5) is 15.0. The lowest BCUT2D eigenvalue weighted by Crippen LogP contribution is -2.26. The van der Waals surface area contributed by atoms with Gasteiger partial charge in [0, 0.05) is 28.5 Å². The van der Waals surface area contributed by atoms with E-state index in [-0.39, 0.29) is 10.8 Å². The van der Waals surface area contributed by atoms with Crippen molar-refractivity contribution in [2.75, 3.05) is 30.9 Å². The quantitative estimate of drug-likeness (QED) is 0.286. The number of amides is 1. The number of nitrogens with zero attached hydrogens (tertiary/aromatic N) is 1. The van der Waals surface area contributed by atoms with Gasteiger partial charge in [0.1, 0.15) is 0 Å². The lowest BCUT2D eigenvalue weighted by Gasteiger charge is -2.20. The molecule has 0 atom stereocenters. The number of para-hydroxylation sites is 1. The maximum absolute atomic E-state index is 13.2. The fourth-order valence-corrected chi connectivity index (χ4v) is 5.70. The molecule has 37 heavy (non-hydrogen) atoms. The minimum absolute atomic E-state index is 0.0574. The summed E-state index contributed by atoms with van der Waals surface area (Å²) >= 11 is 1.56. The molecule has 4 rings (SSSR count). The lowest BCUT2D eigenvalue weighted by molar-refractivity contribution is 0.102. The second-order valence-corrected chi connectivity index (χ2v) is 11.0. The number of carbonyl (C=O) groups is 1. The number of methoxy groups -OCH3 is 2. The van der Waals surface area contributed by atoms with Crippen LogP contribution >= 0.6 is 11.8 Å². The highest BCUT2D eigenvalue weighted by Crippen LogP contribution is 2.34. The van der Waals surface area contributed by atoms with Crippen molar-refractivity contribution in [1.82, 2.24) is 0 Å². The van der Waals surface area contributed by atoms with E-state index in [1.54, 1.807) is 42.1 Å². The Morgan fingerprint density at radius 2 is 1.46 bits per heavy atom. The number of hydrogen-bond donors (Lipinski definition) is 1. The van der Waals surface area contributed by atoms with E-state index in [2.05, 4.69) is 5.32 Å². The predicted octanol–water partition coefficient (Wildman–Crippen LogP) is 5.93. The molecule has 4 aromatic rings. The van der Waals surface area contributed by atoms with Gasteiger partial charge in [0.05, 0.1) is 30.5 Å². The van der Waals surface area contributed by atoms with E-state index in [1.165, 1.54) is 33.4 Å². The first-order valence-corrected chi connectivity index (χ1v) is 13.5. The van der Waals surface area contributed by atoms with Crippen LogP contribution in [0.25, 0.3) is 0 Å². The summed E-state index contributed by atoms with van der Waals surface area (Å²) in [6.07, 6.45) is 0. The molecule has 0 spiro atoms. The van der Waals surface area contributed by atoms with Crippen molar-refractivity contribution in [3.63, 3.8) is 0 Å². The van der Waals surface area contributed by atoms with Gasteiger partial charge in [-0.05, 0) is 60.7 Å². The topological polar surface area (TPSA) is 84.9 Å². The number of hydrogen-bond acceptors (Lipinski definition) is 6. The zero-order valence-corrected chi connectivity index (χ0v) is 22.2. The Morgan fingerprint density at radius 3 is 2.14 bits per heavy atom. The molecule has 0 bridgehead atoms. The maximum Gasteiger partial charge on any atom is 0.264 e. The third-order valence-corrected chi connectivity index (χ3v) is 8.48. The summed E-state index contributed by atoms with van der Waals surface area (Å²) in [5, 5.41) is 2.96. The van der Waals surface area contributed by atoms with Crippen molar-refractivity contribution >= 4 is 39.1 Å². The zero-order chi connectivity index (χ0) is 26.4. The van der Waals surface area contributed by atoms with Crippen molar-refractivity contribution in [3.05, 3.63) is 103 Å². The van der Waals surface area contributed by atoms with Crippen LogP contribution < -0.4 is 19.1 Å². The highest BCUT2D eigenvalue weighted by molar-refractivity contribution is 7.99. The minimum atomic E-state index is -3.87. The van der Waals surface area contributed by atoms with Gasteiger partial charge < -0.3 is 14.8 Å². The van der Waals surface area contributed by atoms with Crippen LogP contribution in [0.3, 0.4) is 0 Å². The van der Waals surface area contributed by atoms with Crippen LogP contribution in [0.1, 0.15) is 10.4 Å². The number of rotatable bonds is 9. The van der Waals surface area contributed by atoms with Crippen LogP contribution in [0, 0.1) is 0 Å². The average molecular weight is 535 g/mol. The monoisotopic (exact) mass is 534 g/mol. The van der Waals surface area contributed by atoms with Gasteiger partial charge in [-0.15, -0.1) is 0 Å². The minimum Gasteiger partial charge on any atom is -0.493 e. The molecule has 0 aliphatic carbocycles. The van der Waals surface area contributed by atoms with Gasteiger partial charge in [0.25, 0.3) is 15.9 Å². The SMILES string of the molecule is COc1ccc(S(=O)(=O)N(C)c2ccc(C(=O)Nc3ccccc3Sc3ccccc3)cc2)cc1OC. The lowest BCUT2D eigenvalue weighted by atomic mass is 10.2. The highest BCUT2D eigenvalue weighted by atomic mass is 32.2. The Labute approximate surface area is 221 Å². The molecule has 0 fully saturated rings. The summed E-state index contributed by atoms with van der Waals surface area (Å²) in [7, 11) is 0.512. The summed E-state index contributed by atoms with van der Waals surface area (Å²) in [6.45, 7) is 0. The standard InChI is InChI=1S/C28H26N2O5S2/c1-30(37(32,33)23-17-18-25(34-2)26(19-23)35-3)21-15-13-20(14-16-21)28(31)29-24-11-7-8-12-27(24)36-22-9-5-4-6-10-22/h4-19H,1-3H3,(H,29,31). The van der Waals surface area contributed by atoms with Gasteiger partial charge in [0.15, 0.2) is 11.5 Å². The smallest absolute Gasteiger partial charge is 0.264 e. The van der Waals surface area contributed by atoms with Gasteiger partial charge in [0.2, 0.25) is 0 Å². The first-order valence-electron chi connectivity index (χ1n) is 11.3. The van der Waals surface area contributed by atoms with Crippen LogP contribution in [0.4, 0.5) is 11.4 Å². The van der Waals surface area contributed by atoms with E-state index in [0.29, 0.717) is 28.4 Å². The molecule has 9 heteroatoms. The van der Waals surface area contributed by atoms with Gasteiger partial charge in [-0.1, -0.05) is 42.1 Å². The number of ether oxygens (including phenoxy) is 2. The first-order chi connectivity index (χ1) is 17.8. The third kappa shape index (κ3) is 5.90. The highest BCUT2D eigenvalue weighted by Gasteiger charge is 2.23. The van der Waals surface area contributed by atoms with Gasteiger partial charge in [-0.2, -0.15) is 0 Å². The van der Waals surface area contributed by atoms with E-state index < -0.39 is 10.0 Å². The van der Waals surface area contributed by atoms with E-state index in [9.17, 15) is 13.2 Å². The molecule has 0 radical (unpaired) electrons. The molecule has 190 valence electrons. The summed E-state index contributed by atoms with van der Waals surface area (Å²) in [6, 6.07) is 28.3. The number of carbonyl (C=O) groups excluding carboxylic acids is 1. The van der Waals surface area contributed by atoms with E-state index in [1.807, 2.05) is 54.6 Å². The molecule has 0 heterocycles. The first kappa shape index (κ1) is 26.1. The van der Waals surface area contributed by atoms with Crippen LogP contribution in [0.2, 0.25) is 0 Å². The van der Waals surface area contributed by atoms with Gasteiger partial charge >= 0.3 is 0 Å². The third-order valence-electron chi connectivity index (χ3n) is 5.61. The van der Waals surface area contributed by atoms with Crippen molar-refractivity contribution in [2.45, 2.75) is 14.7 Å². The van der Waals surface area contributed by atoms with Crippen molar-refractivity contribution in [1.29, 1.82) is 0 Å². The number of anilines is 2. The Morgan fingerprint density at radius 1 is 0.811 bits per heavy atom. The number of nitrogens with one attached hydrogen (secondary N) is 1. The molecule has 1 N–H and O–H groups in total. The maximum atomic E-state index is 13.2. The van der Waals surface area contributed by atoms with Crippen molar-refractivity contribution in [2.24, 2.45) is 0 Å². The molecular formula is C28H26N2O5S2. The predicted molar refractivity (Wildman–Crippen MR) is 147 cm³/mol. The van der Waals surface area contributed by atoms with Crippen molar-refractivity contribution in [3.8, 4) is 11.5 Å². The molecular weight excluding hydrogens is 508 g/mol. The van der Waals surface area contributed by atoms with Crippen LogP contribution in [-0.2, 0) is 10.0 Å². The molecule has 7 nitrogen and oxygen atoms in total. The number of benzene rings is 4. The molecule has 0 aromatic heterocycles. The molecule has 0 aliphatic heterocycles. The van der Waals surface area contributed by atoms with Crippen LogP contribution in [0.15, 0.2) is 112 Å². The van der Waals surface area contributed by atoms with Gasteiger partial charge in [-0.3, -0.25) is 9.10 Å². The molecule has 1 amide bonds.